The maximum atomic E-state index is 5.46. The Balaban J connectivity index is 0.00000200. The molecule has 1 aliphatic carbocycles. The van der Waals surface area contributed by atoms with Crippen LogP contribution in [0.1, 0.15) is 58.2 Å². The smallest absolute Gasteiger partial charge is 0.240 e. The van der Waals surface area contributed by atoms with Gasteiger partial charge in [0.1, 0.15) is 0 Å². The second-order valence-electron chi connectivity index (χ2n) is 6.55. The summed E-state index contributed by atoms with van der Waals surface area (Å²) in [5.41, 5.74) is 5.81. The standard InChI is InChI=1S/C14H26N4O.ClH/c1-14(2,3)10-6-4-5-7-11(10)16-9-12-17-13(8-15)19-18-12;/h10-11,16H,4-9,15H2,1-3H3;1H. The number of halogens is 1. The molecule has 1 aliphatic rings. The Labute approximate surface area is 127 Å². The van der Waals surface area contributed by atoms with Crippen LogP contribution in [0, 0.1) is 11.3 Å². The topological polar surface area (TPSA) is 77.0 Å². The van der Waals surface area contributed by atoms with Crippen molar-refractivity contribution >= 4 is 12.4 Å². The third kappa shape index (κ3) is 4.43. The fourth-order valence-corrected chi connectivity index (χ4v) is 3.08. The first-order valence-electron chi connectivity index (χ1n) is 7.25. The third-order valence-corrected chi connectivity index (χ3v) is 4.09. The van der Waals surface area contributed by atoms with Crippen LogP contribution in [0.25, 0.3) is 0 Å². The maximum absolute atomic E-state index is 5.46. The molecule has 0 amide bonds. The molecule has 0 radical (unpaired) electrons. The molecule has 5 nitrogen and oxygen atoms in total. The largest absolute Gasteiger partial charge is 0.338 e. The molecule has 0 aliphatic heterocycles. The summed E-state index contributed by atoms with van der Waals surface area (Å²) in [4.78, 5) is 4.24. The van der Waals surface area contributed by atoms with E-state index in [1.807, 2.05) is 0 Å². The van der Waals surface area contributed by atoms with E-state index in [1.165, 1.54) is 25.7 Å². The highest BCUT2D eigenvalue weighted by Gasteiger charge is 2.33. The summed E-state index contributed by atoms with van der Waals surface area (Å²) in [6.45, 7) is 7.97. The van der Waals surface area contributed by atoms with E-state index in [1.54, 1.807) is 0 Å². The van der Waals surface area contributed by atoms with E-state index in [4.69, 9.17) is 10.3 Å². The summed E-state index contributed by atoms with van der Waals surface area (Å²) >= 11 is 0. The average Bonchev–Trinajstić information content (AvgIpc) is 2.83. The van der Waals surface area contributed by atoms with Crippen molar-refractivity contribution in [1.82, 2.24) is 15.5 Å². The van der Waals surface area contributed by atoms with Crippen LogP contribution in [-0.4, -0.2) is 16.2 Å². The molecule has 0 saturated heterocycles. The molecule has 6 heteroatoms. The lowest BCUT2D eigenvalue weighted by atomic mass is 9.69. The van der Waals surface area contributed by atoms with Crippen LogP contribution in [-0.2, 0) is 13.1 Å². The molecule has 1 aromatic heterocycles. The van der Waals surface area contributed by atoms with E-state index in [2.05, 4.69) is 36.2 Å². The molecule has 0 bridgehead atoms. The summed E-state index contributed by atoms with van der Waals surface area (Å²) in [5, 5.41) is 7.54. The molecule has 1 heterocycles. The molecule has 1 saturated carbocycles. The highest BCUT2D eigenvalue weighted by atomic mass is 35.5. The van der Waals surface area contributed by atoms with Gasteiger partial charge >= 0.3 is 0 Å². The second kappa shape index (κ2) is 7.38. The number of hydrogen-bond acceptors (Lipinski definition) is 5. The highest BCUT2D eigenvalue weighted by Crippen LogP contribution is 2.38. The Morgan fingerprint density at radius 3 is 2.60 bits per heavy atom. The molecule has 1 aromatic rings. The van der Waals surface area contributed by atoms with Gasteiger partial charge in [0.15, 0.2) is 5.82 Å². The first-order valence-corrected chi connectivity index (χ1v) is 7.25. The van der Waals surface area contributed by atoms with Crippen molar-refractivity contribution < 1.29 is 4.52 Å². The van der Waals surface area contributed by atoms with Crippen LogP contribution in [0.4, 0.5) is 0 Å². The molecule has 0 aromatic carbocycles. The van der Waals surface area contributed by atoms with Gasteiger partial charge in [0, 0.05) is 6.04 Å². The summed E-state index contributed by atoms with van der Waals surface area (Å²) in [7, 11) is 0. The van der Waals surface area contributed by atoms with E-state index >= 15 is 0 Å². The molecular formula is C14H27ClN4O. The molecule has 0 spiro atoms. The first-order chi connectivity index (χ1) is 9.00. The zero-order chi connectivity index (χ0) is 13.9. The van der Waals surface area contributed by atoms with Crippen molar-refractivity contribution in [2.24, 2.45) is 17.1 Å². The monoisotopic (exact) mass is 302 g/mol. The van der Waals surface area contributed by atoms with Crippen LogP contribution >= 0.6 is 12.4 Å². The molecule has 2 rings (SSSR count). The van der Waals surface area contributed by atoms with Crippen molar-refractivity contribution in [3.05, 3.63) is 11.7 Å². The summed E-state index contributed by atoms with van der Waals surface area (Å²) in [6, 6.07) is 0.550. The Hall–Kier alpha value is -0.650. The molecule has 1 fully saturated rings. The maximum Gasteiger partial charge on any atom is 0.240 e. The van der Waals surface area contributed by atoms with E-state index in [9.17, 15) is 0 Å². The number of rotatable bonds is 4. The van der Waals surface area contributed by atoms with Gasteiger partial charge in [-0.3, -0.25) is 0 Å². The van der Waals surface area contributed by atoms with Crippen LogP contribution < -0.4 is 11.1 Å². The van der Waals surface area contributed by atoms with Gasteiger partial charge in [-0.15, -0.1) is 12.4 Å². The van der Waals surface area contributed by atoms with Gasteiger partial charge in [0.25, 0.3) is 0 Å². The third-order valence-electron chi connectivity index (χ3n) is 4.09. The van der Waals surface area contributed by atoms with Crippen molar-refractivity contribution in [2.75, 3.05) is 0 Å². The van der Waals surface area contributed by atoms with E-state index in [-0.39, 0.29) is 12.4 Å². The molecular weight excluding hydrogens is 276 g/mol. The number of nitrogens with zero attached hydrogens (tertiary/aromatic N) is 2. The number of hydrogen-bond donors (Lipinski definition) is 2. The van der Waals surface area contributed by atoms with Crippen LogP contribution in [0.3, 0.4) is 0 Å². The Bertz CT molecular complexity index is 402. The fraction of sp³-hybridized carbons (Fsp3) is 0.857. The number of nitrogens with one attached hydrogen (secondary N) is 1. The molecule has 20 heavy (non-hydrogen) atoms. The summed E-state index contributed by atoms with van der Waals surface area (Å²) in [5.74, 6) is 1.92. The predicted octanol–water partition coefficient (Wildman–Crippen LogP) is 2.64. The highest BCUT2D eigenvalue weighted by molar-refractivity contribution is 5.85. The zero-order valence-electron chi connectivity index (χ0n) is 12.7. The minimum atomic E-state index is 0. The van der Waals surface area contributed by atoms with Gasteiger partial charge in [-0.05, 0) is 24.2 Å². The Kier molecular flexibility index (Phi) is 6.43. The van der Waals surface area contributed by atoms with Gasteiger partial charge < -0.3 is 15.6 Å². The van der Waals surface area contributed by atoms with Crippen molar-refractivity contribution in [3.8, 4) is 0 Å². The van der Waals surface area contributed by atoms with Crippen LogP contribution in [0.5, 0.6) is 0 Å². The lowest BCUT2D eigenvalue weighted by molar-refractivity contribution is 0.129. The minimum absolute atomic E-state index is 0. The van der Waals surface area contributed by atoms with Crippen LogP contribution in [0.2, 0.25) is 0 Å². The van der Waals surface area contributed by atoms with Crippen molar-refractivity contribution in [2.45, 2.75) is 65.6 Å². The van der Waals surface area contributed by atoms with Gasteiger partial charge in [-0.25, -0.2) is 0 Å². The molecule has 3 N–H and O–H groups in total. The van der Waals surface area contributed by atoms with Crippen molar-refractivity contribution in [3.63, 3.8) is 0 Å². The zero-order valence-corrected chi connectivity index (χ0v) is 13.5. The van der Waals surface area contributed by atoms with Crippen molar-refractivity contribution in [1.29, 1.82) is 0 Å². The number of nitrogens with two attached hydrogens (primary N) is 1. The van der Waals surface area contributed by atoms with Crippen LogP contribution in [0.15, 0.2) is 4.52 Å². The van der Waals surface area contributed by atoms with Gasteiger partial charge in [0.2, 0.25) is 5.89 Å². The van der Waals surface area contributed by atoms with E-state index in [0.717, 1.165) is 0 Å². The lowest BCUT2D eigenvalue weighted by Crippen LogP contribution is -2.44. The van der Waals surface area contributed by atoms with E-state index < -0.39 is 0 Å². The van der Waals surface area contributed by atoms with Gasteiger partial charge in [-0.2, -0.15) is 4.98 Å². The van der Waals surface area contributed by atoms with Gasteiger partial charge in [0.05, 0.1) is 13.1 Å². The lowest BCUT2D eigenvalue weighted by Gasteiger charge is -2.40. The minimum Gasteiger partial charge on any atom is -0.338 e. The van der Waals surface area contributed by atoms with E-state index in [0.29, 0.717) is 42.2 Å². The predicted molar refractivity (Wildman–Crippen MR) is 81.5 cm³/mol. The fourth-order valence-electron chi connectivity index (χ4n) is 3.08. The molecule has 2 unspecified atom stereocenters. The SMILES string of the molecule is CC(C)(C)C1CCCCC1NCc1noc(CN)n1.Cl. The quantitative estimate of drug-likeness (QED) is 0.894. The Morgan fingerprint density at radius 1 is 1.30 bits per heavy atom. The second-order valence-corrected chi connectivity index (χ2v) is 6.55. The summed E-state index contributed by atoms with van der Waals surface area (Å²) < 4.78 is 5.02. The summed E-state index contributed by atoms with van der Waals surface area (Å²) in [6.07, 6.45) is 5.20. The molecule has 2 atom stereocenters. The normalized spacial score (nSPS) is 23.4. The molecule has 116 valence electrons. The average molecular weight is 303 g/mol. The van der Waals surface area contributed by atoms with Gasteiger partial charge in [-0.1, -0.05) is 38.8 Å². The number of aromatic nitrogens is 2. The Morgan fingerprint density at radius 2 is 2.00 bits per heavy atom. The first kappa shape index (κ1) is 17.4.